The summed E-state index contributed by atoms with van der Waals surface area (Å²) in [7, 11) is 0. The zero-order chi connectivity index (χ0) is 13.5. The molecule has 96 valence electrons. The molecule has 0 radical (unpaired) electrons. The van der Waals surface area contributed by atoms with Crippen LogP contribution in [0.4, 0.5) is 18.9 Å². The Kier molecular flexibility index (Phi) is 2.98. The summed E-state index contributed by atoms with van der Waals surface area (Å²) in [6.45, 7) is 1.69. The summed E-state index contributed by atoms with van der Waals surface area (Å²) in [5, 5.41) is 4.48. The molecule has 0 unspecified atom stereocenters. The maximum absolute atomic E-state index is 12.5. The number of nitrogen functional groups attached to an aromatic ring is 1. The average Bonchev–Trinajstić information content (AvgIpc) is 2.57. The number of hydrogen-bond donors (Lipinski definition) is 1. The van der Waals surface area contributed by atoms with Crippen molar-refractivity contribution in [3.05, 3.63) is 40.7 Å². The SMILES string of the molecule is Cc1nn(-c2ccc(C(F)(F)F)cc2N)cc1Cl. The van der Waals surface area contributed by atoms with Crippen LogP contribution < -0.4 is 5.73 Å². The lowest BCUT2D eigenvalue weighted by Crippen LogP contribution is -2.08. The molecule has 0 aliphatic carbocycles. The number of alkyl halides is 3. The molecule has 7 heteroatoms. The first-order valence-electron chi connectivity index (χ1n) is 4.98. The summed E-state index contributed by atoms with van der Waals surface area (Å²) in [6, 6.07) is 3.10. The van der Waals surface area contributed by atoms with Crippen LogP contribution in [0.5, 0.6) is 0 Å². The maximum atomic E-state index is 12.5. The van der Waals surface area contributed by atoms with Crippen molar-refractivity contribution in [2.24, 2.45) is 0 Å². The molecule has 2 N–H and O–H groups in total. The zero-order valence-corrected chi connectivity index (χ0v) is 10.0. The first kappa shape index (κ1) is 12.8. The lowest BCUT2D eigenvalue weighted by atomic mass is 10.1. The monoisotopic (exact) mass is 275 g/mol. The third kappa shape index (κ3) is 2.28. The number of hydrogen-bond acceptors (Lipinski definition) is 2. The summed E-state index contributed by atoms with van der Waals surface area (Å²) in [5.74, 6) is 0. The van der Waals surface area contributed by atoms with E-state index in [2.05, 4.69) is 5.10 Å². The molecule has 18 heavy (non-hydrogen) atoms. The Morgan fingerprint density at radius 3 is 2.44 bits per heavy atom. The van der Waals surface area contributed by atoms with E-state index in [0.29, 0.717) is 16.4 Å². The predicted molar refractivity (Wildman–Crippen MR) is 62.7 cm³/mol. The van der Waals surface area contributed by atoms with Crippen molar-refractivity contribution in [1.82, 2.24) is 9.78 Å². The minimum Gasteiger partial charge on any atom is -0.397 e. The van der Waals surface area contributed by atoms with E-state index in [0.717, 1.165) is 12.1 Å². The van der Waals surface area contributed by atoms with Gasteiger partial charge in [0, 0.05) is 6.20 Å². The number of halogens is 4. The average molecular weight is 276 g/mol. The summed E-state index contributed by atoms with van der Waals surface area (Å²) < 4.78 is 38.8. The van der Waals surface area contributed by atoms with Crippen molar-refractivity contribution in [3.8, 4) is 5.69 Å². The van der Waals surface area contributed by atoms with Crippen LogP contribution in [0.3, 0.4) is 0 Å². The van der Waals surface area contributed by atoms with E-state index >= 15 is 0 Å². The van der Waals surface area contributed by atoms with Crippen LogP contribution in [0.25, 0.3) is 5.69 Å². The smallest absolute Gasteiger partial charge is 0.397 e. The molecule has 2 rings (SSSR count). The van der Waals surface area contributed by atoms with Gasteiger partial charge in [-0.1, -0.05) is 11.6 Å². The lowest BCUT2D eigenvalue weighted by molar-refractivity contribution is -0.137. The standard InChI is InChI=1S/C11H9ClF3N3/c1-6-8(12)5-18(17-6)10-3-2-7(4-9(10)16)11(13,14)15/h2-5H,16H2,1H3. The third-order valence-electron chi connectivity index (χ3n) is 2.44. The van der Waals surface area contributed by atoms with E-state index in [4.69, 9.17) is 17.3 Å². The van der Waals surface area contributed by atoms with E-state index in [1.165, 1.54) is 16.9 Å². The molecule has 0 atom stereocenters. The number of rotatable bonds is 1. The third-order valence-corrected chi connectivity index (χ3v) is 2.81. The van der Waals surface area contributed by atoms with Gasteiger partial charge in [0.05, 0.1) is 27.7 Å². The Balaban J connectivity index is 2.48. The van der Waals surface area contributed by atoms with Crippen LogP contribution >= 0.6 is 11.6 Å². The van der Waals surface area contributed by atoms with E-state index in [9.17, 15) is 13.2 Å². The largest absolute Gasteiger partial charge is 0.416 e. The highest BCUT2D eigenvalue weighted by Gasteiger charge is 2.30. The lowest BCUT2D eigenvalue weighted by Gasteiger charge is -2.10. The van der Waals surface area contributed by atoms with Crippen molar-refractivity contribution in [2.45, 2.75) is 13.1 Å². The van der Waals surface area contributed by atoms with E-state index in [-0.39, 0.29) is 5.69 Å². The topological polar surface area (TPSA) is 43.8 Å². The van der Waals surface area contributed by atoms with Crippen LogP contribution in [0, 0.1) is 6.92 Å². The van der Waals surface area contributed by atoms with Gasteiger partial charge < -0.3 is 5.73 Å². The molecule has 2 aromatic rings. The number of nitrogens with two attached hydrogens (primary N) is 1. The molecule has 0 aliphatic rings. The highest BCUT2D eigenvalue weighted by Crippen LogP contribution is 2.32. The normalized spacial score (nSPS) is 11.8. The van der Waals surface area contributed by atoms with Crippen LogP contribution in [0.2, 0.25) is 5.02 Å². The number of aromatic nitrogens is 2. The number of nitrogens with zero attached hydrogens (tertiary/aromatic N) is 2. The number of aryl methyl sites for hydroxylation is 1. The summed E-state index contributed by atoms with van der Waals surface area (Å²) >= 11 is 5.83. The van der Waals surface area contributed by atoms with Gasteiger partial charge in [0.1, 0.15) is 0 Å². The second kappa shape index (κ2) is 4.20. The van der Waals surface area contributed by atoms with E-state index < -0.39 is 11.7 Å². The van der Waals surface area contributed by atoms with Crippen molar-refractivity contribution in [1.29, 1.82) is 0 Å². The molecule has 0 bridgehead atoms. The quantitative estimate of drug-likeness (QED) is 0.810. The van der Waals surface area contributed by atoms with E-state index in [1.54, 1.807) is 6.92 Å². The van der Waals surface area contributed by atoms with E-state index in [1.807, 2.05) is 0 Å². The fraction of sp³-hybridized carbons (Fsp3) is 0.182. The van der Waals surface area contributed by atoms with Gasteiger partial charge in [-0.05, 0) is 25.1 Å². The number of benzene rings is 1. The van der Waals surface area contributed by atoms with Crippen LogP contribution in [0.15, 0.2) is 24.4 Å². The van der Waals surface area contributed by atoms with Gasteiger partial charge >= 0.3 is 6.18 Å². The minimum atomic E-state index is -4.41. The Morgan fingerprint density at radius 1 is 1.33 bits per heavy atom. The van der Waals surface area contributed by atoms with Gasteiger partial charge in [-0.15, -0.1) is 0 Å². The fourth-order valence-electron chi connectivity index (χ4n) is 1.50. The van der Waals surface area contributed by atoms with Crippen molar-refractivity contribution >= 4 is 17.3 Å². The van der Waals surface area contributed by atoms with Crippen LogP contribution in [0.1, 0.15) is 11.3 Å². The van der Waals surface area contributed by atoms with Gasteiger partial charge in [-0.2, -0.15) is 18.3 Å². The fourth-order valence-corrected chi connectivity index (χ4v) is 1.63. The highest BCUT2D eigenvalue weighted by atomic mass is 35.5. The molecule has 0 aliphatic heterocycles. The summed E-state index contributed by atoms with van der Waals surface area (Å²) in [5.41, 5.74) is 5.74. The number of anilines is 1. The van der Waals surface area contributed by atoms with Crippen molar-refractivity contribution < 1.29 is 13.2 Å². The van der Waals surface area contributed by atoms with Crippen molar-refractivity contribution in [2.75, 3.05) is 5.73 Å². The second-order valence-corrected chi connectivity index (χ2v) is 4.19. The molecule has 0 saturated heterocycles. The minimum absolute atomic E-state index is 0.0102. The molecule has 3 nitrogen and oxygen atoms in total. The molecule has 0 fully saturated rings. The summed E-state index contributed by atoms with van der Waals surface area (Å²) in [6.07, 6.45) is -2.92. The van der Waals surface area contributed by atoms with Gasteiger partial charge in [0.25, 0.3) is 0 Å². The Hall–Kier alpha value is -1.69. The zero-order valence-electron chi connectivity index (χ0n) is 9.29. The van der Waals surface area contributed by atoms with Crippen molar-refractivity contribution in [3.63, 3.8) is 0 Å². The maximum Gasteiger partial charge on any atom is 0.416 e. The Bertz CT molecular complexity index is 570. The molecule has 0 spiro atoms. The van der Waals surface area contributed by atoms with Gasteiger partial charge in [-0.3, -0.25) is 0 Å². The van der Waals surface area contributed by atoms with Gasteiger partial charge in [0.2, 0.25) is 0 Å². The van der Waals surface area contributed by atoms with Crippen LogP contribution in [-0.2, 0) is 6.18 Å². The summed E-state index contributed by atoms with van der Waals surface area (Å²) in [4.78, 5) is 0. The van der Waals surface area contributed by atoms with Crippen LogP contribution in [-0.4, -0.2) is 9.78 Å². The first-order valence-corrected chi connectivity index (χ1v) is 5.35. The highest BCUT2D eigenvalue weighted by molar-refractivity contribution is 6.31. The predicted octanol–water partition coefficient (Wildman–Crippen LogP) is 3.44. The molecular formula is C11H9ClF3N3. The molecule has 1 aromatic carbocycles. The molecule has 1 heterocycles. The molecule has 0 saturated carbocycles. The Morgan fingerprint density at radius 2 is 2.00 bits per heavy atom. The molecule has 1 aromatic heterocycles. The second-order valence-electron chi connectivity index (χ2n) is 3.78. The molecule has 0 amide bonds. The van der Waals surface area contributed by atoms with Gasteiger partial charge in [0.15, 0.2) is 0 Å². The van der Waals surface area contributed by atoms with Gasteiger partial charge in [-0.25, -0.2) is 4.68 Å². The Labute approximate surface area is 106 Å². The molecular weight excluding hydrogens is 267 g/mol. The first-order chi connectivity index (χ1) is 8.29.